The molecule has 0 aliphatic carbocycles. The van der Waals surface area contributed by atoms with E-state index < -0.39 is 0 Å². The Bertz CT molecular complexity index is 939. The number of nitrogens with one attached hydrogen (secondary N) is 1. The molecule has 0 aliphatic rings. The Morgan fingerprint density at radius 1 is 1.07 bits per heavy atom. The van der Waals surface area contributed by atoms with Crippen LogP contribution in [0.1, 0.15) is 35.1 Å². The van der Waals surface area contributed by atoms with E-state index in [-0.39, 0.29) is 5.91 Å². The number of amides is 1. The summed E-state index contributed by atoms with van der Waals surface area (Å²) in [5, 5.41) is 2.92. The molecule has 0 atom stereocenters. The van der Waals surface area contributed by atoms with Crippen molar-refractivity contribution in [2.75, 3.05) is 5.32 Å². The molecule has 27 heavy (non-hydrogen) atoms. The highest BCUT2D eigenvalue weighted by atomic mass is 127. The zero-order valence-electron chi connectivity index (χ0n) is 15.3. The van der Waals surface area contributed by atoms with Crippen LogP contribution < -0.4 is 10.1 Å². The first kappa shape index (κ1) is 19.4. The fraction of sp³-hybridized carbons (Fsp3) is 0.182. The molecule has 3 rings (SSSR count). The van der Waals surface area contributed by atoms with Gasteiger partial charge in [-0.2, -0.15) is 0 Å². The fourth-order valence-electron chi connectivity index (χ4n) is 2.72. The number of carbonyl (C=O) groups excluding carboxylic acids is 1. The van der Waals surface area contributed by atoms with Gasteiger partial charge in [0.05, 0.1) is 11.3 Å². The molecule has 4 nitrogen and oxygen atoms in total. The van der Waals surface area contributed by atoms with E-state index in [0.29, 0.717) is 11.3 Å². The van der Waals surface area contributed by atoms with E-state index in [2.05, 4.69) is 39.8 Å². The van der Waals surface area contributed by atoms with Gasteiger partial charge in [-0.15, -0.1) is 0 Å². The van der Waals surface area contributed by atoms with Gasteiger partial charge >= 0.3 is 0 Å². The number of rotatable bonds is 6. The van der Waals surface area contributed by atoms with Gasteiger partial charge in [-0.25, -0.2) is 0 Å². The van der Waals surface area contributed by atoms with Crippen LogP contribution in [0.2, 0.25) is 0 Å². The molecule has 3 aromatic rings. The first-order chi connectivity index (χ1) is 13.0. The third-order valence-corrected chi connectivity index (χ3v) is 4.71. The number of aryl methyl sites for hydroxylation is 2. The summed E-state index contributed by atoms with van der Waals surface area (Å²) in [6.45, 7) is 3.98. The van der Waals surface area contributed by atoms with E-state index in [4.69, 9.17) is 4.74 Å². The summed E-state index contributed by atoms with van der Waals surface area (Å²) in [6, 6.07) is 18.9. The Balaban J connectivity index is 1.66. The summed E-state index contributed by atoms with van der Waals surface area (Å²) < 4.78 is 6.95. The van der Waals surface area contributed by atoms with Crippen LogP contribution in [-0.4, -0.2) is 10.9 Å². The van der Waals surface area contributed by atoms with Crippen LogP contribution in [0.4, 0.5) is 5.69 Å². The Morgan fingerprint density at radius 3 is 2.52 bits per heavy atom. The Morgan fingerprint density at radius 2 is 1.85 bits per heavy atom. The molecule has 0 bridgehead atoms. The third kappa shape index (κ3) is 5.29. The Labute approximate surface area is 173 Å². The molecule has 0 spiro atoms. The molecular formula is C22H21IN2O2. The molecule has 1 heterocycles. The molecule has 1 N–H and O–H groups in total. The van der Waals surface area contributed by atoms with E-state index in [1.54, 1.807) is 0 Å². The van der Waals surface area contributed by atoms with Crippen molar-refractivity contribution < 1.29 is 9.53 Å². The minimum absolute atomic E-state index is 0.158. The van der Waals surface area contributed by atoms with Gasteiger partial charge in [0, 0.05) is 15.0 Å². The van der Waals surface area contributed by atoms with Crippen LogP contribution in [0, 0.1) is 10.5 Å². The van der Waals surface area contributed by atoms with Crippen LogP contribution in [0.3, 0.4) is 0 Å². The summed E-state index contributed by atoms with van der Waals surface area (Å²) >= 11 is 2.25. The normalized spacial score (nSPS) is 10.5. The number of halogens is 1. The molecular weight excluding hydrogens is 451 g/mol. The summed E-state index contributed by atoms with van der Waals surface area (Å²) in [6.07, 6.45) is 1.96. The van der Waals surface area contributed by atoms with Gasteiger partial charge in [0.25, 0.3) is 5.91 Å². The monoisotopic (exact) mass is 472 g/mol. The largest absolute Gasteiger partial charge is 0.457 e. The van der Waals surface area contributed by atoms with E-state index in [1.807, 2.05) is 67.6 Å². The molecule has 0 unspecified atom stereocenters. The molecule has 0 fully saturated rings. The lowest BCUT2D eigenvalue weighted by Gasteiger charge is -2.10. The lowest BCUT2D eigenvalue weighted by Crippen LogP contribution is -2.14. The highest BCUT2D eigenvalue weighted by molar-refractivity contribution is 14.1. The number of benzene rings is 2. The first-order valence-electron chi connectivity index (χ1n) is 8.86. The first-order valence-corrected chi connectivity index (χ1v) is 9.94. The standard InChI is InChI=1S/C22H21IN2O2/c1-3-5-17-10-13-21(15(2)24-17)22(26)25-18-8-11-19(12-9-18)27-20-7-4-6-16(23)14-20/h4,6-14H,3,5H2,1-2H3,(H,25,26). The number of hydrogen-bond acceptors (Lipinski definition) is 3. The molecule has 0 radical (unpaired) electrons. The fourth-order valence-corrected chi connectivity index (χ4v) is 3.23. The van der Waals surface area contributed by atoms with Gasteiger partial charge in [0.2, 0.25) is 0 Å². The second-order valence-corrected chi connectivity index (χ2v) is 7.47. The smallest absolute Gasteiger partial charge is 0.257 e. The Kier molecular flexibility index (Phi) is 6.45. The van der Waals surface area contributed by atoms with E-state index in [0.717, 1.165) is 39.3 Å². The second kappa shape index (κ2) is 8.99. The number of carbonyl (C=O) groups is 1. The number of hydrogen-bond donors (Lipinski definition) is 1. The van der Waals surface area contributed by atoms with Crippen molar-refractivity contribution >= 4 is 34.2 Å². The maximum atomic E-state index is 12.5. The summed E-state index contributed by atoms with van der Waals surface area (Å²) in [5.74, 6) is 1.35. The van der Waals surface area contributed by atoms with Crippen molar-refractivity contribution in [2.24, 2.45) is 0 Å². The quantitative estimate of drug-likeness (QED) is 0.449. The van der Waals surface area contributed by atoms with Crippen molar-refractivity contribution in [1.82, 2.24) is 4.98 Å². The predicted molar refractivity (Wildman–Crippen MR) is 117 cm³/mol. The van der Waals surface area contributed by atoms with Crippen molar-refractivity contribution in [3.05, 3.63) is 81.2 Å². The Hall–Kier alpha value is -2.41. The molecule has 138 valence electrons. The average Bonchev–Trinajstić information content (AvgIpc) is 2.64. The molecule has 5 heteroatoms. The van der Waals surface area contributed by atoms with E-state index in [1.165, 1.54) is 0 Å². The van der Waals surface area contributed by atoms with Crippen molar-refractivity contribution in [1.29, 1.82) is 0 Å². The molecule has 2 aromatic carbocycles. The van der Waals surface area contributed by atoms with Crippen LogP contribution in [0.15, 0.2) is 60.7 Å². The summed E-state index contributed by atoms with van der Waals surface area (Å²) in [5.41, 5.74) is 3.07. The van der Waals surface area contributed by atoms with Gasteiger partial charge in [0.15, 0.2) is 0 Å². The number of nitrogens with zero attached hydrogens (tertiary/aromatic N) is 1. The zero-order chi connectivity index (χ0) is 19.2. The summed E-state index contributed by atoms with van der Waals surface area (Å²) in [4.78, 5) is 17.0. The van der Waals surface area contributed by atoms with E-state index >= 15 is 0 Å². The van der Waals surface area contributed by atoms with E-state index in [9.17, 15) is 4.79 Å². The third-order valence-electron chi connectivity index (χ3n) is 4.04. The molecule has 1 aromatic heterocycles. The SMILES string of the molecule is CCCc1ccc(C(=O)Nc2ccc(Oc3cccc(I)c3)cc2)c(C)n1. The summed E-state index contributed by atoms with van der Waals surface area (Å²) in [7, 11) is 0. The minimum atomic E-state index is -0.158. The topological polar surface area (TPSA) is 51.2 Å². The predicted octanol–water partition coefficient (Wildman–Crippen LogP) is 5.99. The average molecular weight is 472 g/mol. The lowest BCUT2D eigenvalue weighted by atomic mass is 10.1. The highest BCUT2D eigenvalue weighted by Crippen LogP contribution is 2.24. The number of anilines is 1. The van der Waals surface area contributed by atoms with Gasteiger partial charge in [-0.05, 0) is 90.5 Å². The van der Waals surface area contributed by atoms with Gasteiger partial charge in [0.1, 0.15) is 11.5 Å². The van der Waals surface area contributed by atoms with Gasteiger partial charge in [-0.3, -0.25) is 9.78 Å². The molecule has 1 amide bonds. The molecule has 0 saturated carbocycles. The highest BCUT2D eigenvalue weighted by Gasteiger charge is 2.11. The number of aromatic nitrogens is 1. The number of ether oxygens (including phenoxy) is 1. The molecule has 0 saturated heterocycles. The second-order valence-electron chi connectivity index (χ2n) is 6.22. The van der Waals surface area contributed by atoms with Crippen molar-refractivity contribution in [3.8, 4) is 11.5 Å². The van der Waals surface area contributed by atoms with Crippen LogP contribution >= 0.6 is 22.6 Å². The zero-order valence-corrected chi connectivity index (χ0v) is 17.5. The van der Waals surface area contributed by atoms with Crippen molar-refractivity contribution in [3.63, 3.8) is 0 Å². The van der Waals surface area contributed by atoms with Crippen LogP contribution in [-0.2, 0) is 6.42 Å². The minimum Gasteiger partial charge on any atom is -0.457 e. The van der Waals surface area contributed by atoms with Crippen LogP contribution in [0.5, 0.6) is 11.5 Å². The maximum Gasteiger partial charge on any atom is 0.257 e. The maximum absolute atomic E-state index is 12.5. The number of pyridine rings is 1. The lowest BCUT2D eigenvalue weighted by molar-refractivity contribution is 0.102. The molecule has 0 aliphatic heterocycles. The van der Waals surface area contributed by atoms with Gasteiger partial charge < -0.3 is 10.1 Å². The van der Waals surface area contributed by atoms with Crippen molar-refractivity contribution in [2.45, 2.75) is 26.7 Å². The van der Waals surface area contributed by atoms with Gasteiger partial charge in [-0.1, -0.05) is 19.4 Å². The van der Waals surface area contributed by atoms with Crippen LogP contribution in [0.25, 0.3) is 0 Å².